The molecule has 0 saturated heterocycles. The van der Waals surface area contributed by atoms with Gasteiger partial charge in [-0.15, -0.1) is 0 Å². The Hall–Kier alpha value is -2.05. The van der Waals surface area contributed by atoms with Gasteiger partial charge in [0.1, 0.15) is 11.6 Å². The van der Waals surface area contributed by atoms with Crippen LogP contribution in [0.5, 0.6) is 0 Å². The maximum Gasteiger partial charge on any atom is 0.408 e. The summed E-state index contributed by atoms with van der Waals surface area (Å²) in [5.74, 6) is -0.945. The molecule has 0 aliphatic heterocycles. The van der Waals surface area contributed by atoms with E-state index in [1.165, 1.54) is 7.11 Å². The number of hydrogen-bond donors (Lipinski definition) is 2. The minimum absolute atomic E-state index is 0.0275. The van der Waals surface area contributed by atoms with Crippen LogP contribution in [0.2, 0.25) is 0 Å². The fourth-order valence-electron chi connectivity index (χ4n) is 2.10. The second-order valence-corrected chi connectivity index (χ2v) is 7.48. The molecule has 0 aliphatic carbocycles. The first-order valence-electron chi connectivity index (χ1n) is 9.03. The Bertz CT molecular complexity index is 495. The lowest BCUT2D eigenvalue weighted by Gasteiger charge is -2.26. The molecule has 7 heteroatoms. The van der Waals surface area contributed by atoms with Crippen LogP contribution >= 0.6 is 0 Å². The van der Waals surface area contributed by atoms with Crippen LogP contribution in [0.4, 0.5) is 4.79 Å². The molecule has 2 amide bonds. The second-order valence-electron chi connectivity index (χ2n) is 7.48. The Balaban J connectivity index is 5.05. The zero-order valence-electron chi connectivity index (χ0n) is 17.0. The highest BCUT2D eigenvalue weighted by Gasteiger charge is 2.28. The van der Waals surface area contributed by atoms with Crippen molar-refractivity contribution >= 4 is 18.0 Å². The number of allylic oxidation sites excluding steroid dienone is 1. The Morgan fingerprint density at radius 1 is 1.12 bits per heavy atom. The van der Waals surface area contributed by atoms with Crippen LogP contribution in [0.25, 0.3) is 0 Å². The van der Waals surface area contributed by atoms with Gasteiger partial charge in [-0.05, 0) is 33.1 Å². The third-order valence-corrected chi connectivity index (χ3v) is 3.39. The molecular formula is C19H34N2O5. The maximum absolute atomic E-state index is 12.6. The predicted molar refractivity (Wildman–Crippen MR) is 101 cm³/mol. The monoisotopic (exact) mass is 370 g/mol. The molecule has 0 aliphatic rings. The van der Waals surface area contributed by atoms with Crippen LogP contribution in [-0.2, 0) is 19.1 Å². The van der Waals surface area contributed by atoms with E-state index in [4.69, 9.17) is 4.74 Å². The molecule has 0 radical (unpaired) electrons. The zero-order valence-corrected chi connectivity index (χ0v) is 17.0. The highest BCUT2D eigenvalue weighted by Crippen LogP contribution is 2.10. The molecule has 0 saturated carbocycles. The van der Waals surface area contributed by atoms with Crippen molar-refractivity contribution in [1.29, 1.82) is 0 Å². The van der Waals surface area contributed by atoms with Crippen LogP contribution in [0.1, 0.15) is 60.8 Å². The standard InChI is InChI=1S/C19H34N2O5/c1-8-9-10-11-14(12-15(22)25-7)20-17(23)16(13(2)3)21-18(24)26-19(4,5)6/h10-11,13-14,16H,8-9,12H2,1-7H3,(H,20,23)(H,21,24)/b11-10+/t14-,16?/m1/s1. The highest BCUT2D eigenvalue weighted by atomic mass is 16.6. The average molecular weight is 370 g/mol. The molecule has 0 rings (SSSR count). The fourth-order valence-corrected chi connectivity index (χ4v) is 2.10. The fraction of sp³-hybridized carbons (Fsp3) is 0.737. The van der Waals surface area contributed by atoms with E-state index in [-0.39, 0.29) is 18.2 Å². The van der Waals surface area contributed by atoms with E-state index >= 15 is 0 Å². The molecule has 0 aromatic rings. The third-order valence-electron chi connectivity index (χ3n) is 3.39. The largest absolute Gasteiger partial charge is 0.469 e. The molecule has 150 valence electrons. The molecule has 2 atom stereocenters. The number of esters is 1. The number of unbranched alkanes of at least 4 members (excludes halogenated alkanes) is 1. The molecule has 0 spiro atoms. The average Bonchev–Trinajstić information content (AvgIpc) is 2.50. The summed E-state index contributed by atoms with van der Waals surface area (Å²) in [7, 11) is 1.30. The summed E-state index contributed by atoms with van der Waals surface area (Å²) in [6.07, 6.45) is 4.88. The summed E-state index contributed by atoms with van der Waals surface area (Å²) in [4.78, 5) is 36.2. The van der Waals surface area contributed by atoms with Crippen molar-refractivity contribution in [2.24, 2.45) is 5.92 Å². The molecule has 26 heavy (non-hydrogen) atoms. The first kappa shape index (κ1) is 23.9. The lowest BCUT2D eigenvalue weighted by molar-refractivity contribution is -0.141. The predicted octanol–water partition coefficient (Wildman–Crippen LogP) is 2.94. The normalized spacial score (nSPS) is 14.0. The van der Waals surface area contributed by atoms with Crippen molar-refractivity contribution in [1.82, 2.24) is 10.6 Å². The van der Waals surface area contributed by atoms with Crippen LogP contribution < -0.4 is 10.6 Å². The van der Waals surface area contributed by atoms with E-state index in [2.05, 4.69) is 15.4 Å². The Morgan fingerprint density at radius 3 is 2.19 bits per heavy atom. The second kappa shape index (κ2) is 11.5. The zero-order chi connectivity index (χ0) is 20.3. The minimum Gasteiger partial charge on any atom is -0.469 e. The molecule has 0 heterocycles. The van der Waals surface area contributed by atoms with Gasteiger partial charge < -0.3 is 20.1 Å². The van der Waals surface area contributed by atoms with Gasteiger partial charge in [0.25, 0.3) is 0 Å². The van der Waals surface area contributed by atoms with Crippen LogP contribution in [-0.4, -0.2) is 42.8 Å². The SMILES string of the molecule is CCC/C=C/[C@H](CC(=O)OC)NC(=O)C(NC(=O)OC(C)(C)C)C(C)C. The lowest BCUT2D eigenvalue weighted by Crippen LogP contribution is -2.53. The summed E-state index contributed by atoms with van der Waals surface area (Å²) in [6.45, 7) is 10.9. The van der Waals surface area contributed by atoms with Crippen molar-refractivity contribution in [3.05, 3.63) is 12.2 Å². The highest BCUT2D eigenvalue weighted by molar-refractivity contribution is 5.86. The van der Waals surface area contributed by atoms with E-state index < -0.39 is 29.7 Å². The molecule has 1 unspecified atom stereocenters. The van der Waals surface area contributed by atoms with E-state index in [0.717, 1.165) is 12.8 Å². The summed E-state index contributed by atoms with van der Waals surface area (Å²) in [5.41, 5.74) is -0.654. The molecule has 2 N–H and O–H groups in total. The molecule has 0 fully saturated rings. The van der Waals surface area contributed by atoms with Crippen molar-refractivity contribution < 1.29 is 23.9 Å². The van der Waals surface area contributed by atoms with Gasteiger partial charge in [0.2, 0.25) is 5.91 Å². The van der Waals surface area contributed by atoms with Crippen LogP contribution in [0, 0.1) is 5.92 Å². The summed E-state index contributed by atoms with van der Waals surface area (Å²) < 4.78 is 9.90. The van der Waals surface area contributed by atoms with Gasteiger partial charge in [-0.2, -0.15) is 0 Å². The number of carbonyl (C=O) groups is 3. The first-order chi connectivity index (χ1) is 12.0. The van der Waals surface area contributed by atoms with Gasteiger partial charge in [0.15, 0.2) is 0 Å². The quantitative estimate of drug-likeness (QED) is 0.481. The number of rotatable bonds is 9. The van der Waals surface area contributed by atoms with Crippen molar-refractivity contribution in [3.63, 3.8) is 0 Å². The van der Waals surface area contributed by atoms with E-state index in [1.807, 2.05) is 26.8 Å². The van der Waals surface area contributed by atoms with Crippen LogP contribution in [0.15, 0.2) is 12.2 Å². The van der Waals surface area contributed by atoms with Gasteiger partial charge >= 0.3 is 12.1 Å². The summed E-state index contributed by atoms with van der Waals surface area (Å²) in [6, 6.07) is -1.27. The lowest BCUT2D eigenvalue weighted by atomic mass is 10.0. The van der Waals surface area contributed by atoms with E-state index in [0.29, 0.717) is 0 Å². The van der Waals surface area contributed by atoms with Crippen molar-refractivity contribution in [3.8, 4) is 0 Å². The number of carbonyl (C=O) groups excluding carboxylic acids is 3. The molecule has 7 nitrogen and oxygen atoms in total. The smallest absolute Gasteiger partial charge is 0.408 e. The summed E-state index contributed by atoms with van der Waals surface area (Å²) >= 11 is 0. The molecule has 0 aromatic heterocycles. The van der Waals surface area contributed by atoms with E-state index in [9.17, 15) is 14.4 Å². The molecule has 0 aromatic carbocycles. The minimum atomic E-state index is -0.774. The topological polar surface area (TPSA) is 93.7 Å². The first-order valence-corrected chi connectivity index (χ1v) is 9.03. The Morgan fingerprint density at radius 2 is 1.73 bits per heavy atom. The Kier molecular flexibility index (Phi) is 10.6. The summed E-state index contributed by atoms with van der Waals surface area (Å²) in [5, 5.41) is 5.39. The number of methoxy groups -OCH3 is 1. The number of hydrogen-bond acceptors (Lipinski definition) is 5. The number of ether oxygens (including phenoxy) is 2. The third kappa shape index (κ3) is 10.7. The van der Waals surface area contributed by atoms with Gasteiger partial charge in [0.05, 0.1) is 19.6 Å². The van der Waals surface area contributed by atoms with Gasteiger partial charge in [-0.1, -0.05) is 39.3 Å². The van der Waals surface area contributed by atoms with Crippen LogP contribution in [0.3, 0.4) is 0 Å². The van der Waals surface area contributed by atoms with Gasteiger partial charge in [0, 0.05) is 0 Å². The van der Waals surface area contributed by atoms with E-state index in [1.54, 1.807) is 26.8 Å². The van der Waals surface area contributed by atoms with Gasteiger partial charge in [-0.25, -0.2) is 4.79 Å². The number of nitrogens with one attached hydrogen (secondary N) is 2. The molecule has 0 bridgehead atoms. The van der Waals surface area contributed by atoms with Crippen molar-refractivity contribution in [2.45, 2.75) is 78.5 Å². The molecular weight excluding hydrogens is 336 g/mol. The maximum atomic E-state index is 12.6. The van der Waals surface area contributed by atoms with Crippen molar-refractivity contribution in [2.75, 3.05) is 7.11 Å². The number of alkyl carbamates (subject to hydrolysis) is 1. The number of amides is 2. The Labute approximate surface area is 156 Å². The van der Waals surface area contributed by atoms with Gasteiger partial charge in [-0.3, -0.25) is 9.59 Å².